The van der Waals surface area contributed by atoms with Gasteiger partial charge in [0.05, 0.1) is 12.2 Å². The Hall–Kier alpha value is -3.13. The highest BCUT2D eigenvalue weighted by Gasteiger charge is 2.35. The molecule has 2 aliphatic heterocycles. The largest absolute Gasteiger partial charge is 0.494 e. The fraction of sp³-hybridized carbons (Fsp3) is 0.304. The Bertz CT molecular complexity index is 1140. The lowest BCUT2D eigenvalue weighted by atomic mass is 10.1. The quantitative estimate of drug-likeness (QED) is 0.654. The average Bonchev–Trinajstić information content (AvgIpc) is 3.26. The van der Waals surface area contributed by atoms with Gasteiger partial charge < -0.3 is 9.30 Å². The van der Waals surface area contributed by atoms with Crippen molar-refractivity contribution in [2.24, 2.45) is 10.1 Å². The first kappa shape index (κ1) is 21.1. The molecular formula is C23H25N5O2S. The van der Waals surface area contributed by atoms with Gasteiger partial charge in [0, 0.05) is 17.1 Å². The molecule has 0 saturated heterocycles. The Kier molecular flexibility index (Phi) is 5.82. The topological polar surface area (TPSA) is 83.0 Å². The predicted octanol–water partition coefficient (Wildman–Crippen LogP) is 4.91. The minimum absolute atomic E-state index is 0.0690. The molecule has 7 nitrogen and oxygen atoms in total. The van der Waals surface area contributed by atoms with Crippen molar-refractivity contribution in [1.82, 2.24) is 9.58 Å². The van der Waals surface area contributed by atoms with Crippen molar-refractivity contribution in [1.29, 1.82) is 5.41 Å². The summed E-state index contributed by atoms with van der Waals surface area (Å²) in [5.74, 6) is 0.500. The van der Waals surface area contributed by atoms with Gasteiger partial charge in [0.2, 0.25) is 5.17 Å². The number of rotatable bonds is 6. The van der Waals surface area contributed by atoms with Crippen LogP contribution in [-0.4, -0.2) is 38.1 Å². The monoisotopic (exact) mass is 435 g/mol. The van der Waals surface area contributed by atoms with Gasteiger partial charge in [0.1, 0.15) is 10.8 Å². The van der Waals surface area contributed by atoms with Crippen LogP contribution in [0.1, 0.15) is 43.6 Å². The minimum Gasteiger partial charge on any atom is -0.494 e. The van der Waals surface area contributed by atoms with Crippen LogP contribution in [0.25, 0.3) is 11.8 Å². The van der Waals surface area contributed by atoms with Crippen LogP contribution in [0.5, 0.6) is 5.75 Å². The zero-order chi connectivity index (χ0) is 22.1. The van der Waals surface area contributed by atoms with E-state index in [-0.39, 0.29) is 11.4 Å². The normalized spacial score (nSPS) is 17.2. The maximum Gasteiger partial charge on any atom is 0.283 e. The number of hydrazone groups is 1. The van der Waals surface area contributed by atoms with Crippen LogP contribution in [0.15, 0.2) is 46.0 Å². The molecule has 4 rings (SSSR count). The van der Waals surface area contributed by atoms with Crippen molar-refractivity contribution < 1.29 is 9.53 Å². The molecule has 1 aromatic heterocycles. The molecule has 0 unspecified atom stereocenters. The van der Waals surface area contributed by atoms with Crippen LogP contribution in [0.2, 0.25) is 0 Å². The van der Waals surface area contributed by atoms with Crippen molar-refractivity contribution in [3.63, 3.8) is 0 Å². The zero-order valence-electron chi connectivity index (χ0n) is 18.1. The lowest BCUT2D eigenvalue weighted by Gasteiger charge is -2.20. The Morgan fingerprint density at radius 1 is 1.19 bits per heavy atom. The number of thioether (sulfide) groups is 1. The molecule has 0 fully saturated rings. The number of aryl methyl sites for hydroxylation is 1. The van der Waals surface area contributed by atoms with E-state index in [2.05, 4.69) is 21.6 Å². The zero-order valence-corrected chi connectivity index (χ0v) is 18.9. The van der Waals surface area contributed by atoms with Gasteiger partial charge in [-0.2, -0.15) is 15.1 Å². The Morgan fingerprint density at radius 2 is 1.94 bits per heavy atom. The van der Waals surface area contributed by atoms with E-state index in [0.29, 0.717) is 11.8 Å². The third-order valence-electron chi connectivity index (χ3n) is 5.14. The Labute approximate surface area is 186 Å². The highest BCUT2D eigenvalue weighted by Crippen LogP contribution is 2.31. The first-order valence-corrected chi connectivity index (χ1v) is 11.2. The molecule has 1 N–H and O–H groups in total. The maximum absolute atomic E-state index is 12.7. The number of nitrogens with one attached hydrogen (secondary N) is 1. The molecule has 1 amide bonds. The second kappa shape index (κ2) is 8.55. The molecule has 1 aromatic carbocycles. The number of hydrogen-bond donors (Lipinski definition) is 1. The Balaban J connectivity index is 1.67. The van der Waals surface area contributed by atoms with Gasteiger partial charge in [0.15, 0.2) is 5.84 Å². The molecule has 0 saturated carbocycles. The number of benzene rings is 1. The molecule has 0 aliphatic carbocycles. The molecular weight excluding hydrogens is 410 g/mol. The standard InChI is InChI=1S/C23H25N5O2S/c1-5-7-20-26-28-21(24)19(22(29)25-23(28)31-20)13-16-12-14(3)27(15(16)4)17-8-10-18(11-9-17)30-6-2/h8-13,24H,5-7H2,1-4H3/b19-13-,24-21?. The summed E-state index contributed by atoms with van der Waals surface area (Å²) in [6.45, 7) is 8.69. The number of hydrogen-bond acceptors (Lipinski definition) is 5. The molecule has 0 radical (unpaired) electrons. The van der Waals surface area contributed by atoms with E-state index in [1.165, 1.54) is 16.8 Å². The summed E-state index contributed by atoms with van der Waals surface area (Å²) < 4.78 is 7.66. The molecule has 8 heteroatoms. The third-order valence-corrected chi connectivity index (χ3v) is 6.10. The molecule has 3 heterocycles. The molecule has 2 aromatic rings. The summed E-state index contributed by atoms with van der Waals surface area (Å²) in [5.41, 5.74) is 4.15. The van der Waals surface area contributed by atoms with Crippen LogP contribution in [0.3, 0.4) is 0 Å². The molecule has 0 spiro atoms. The summed E-state index contributed by atoms with van der Waals surface area (Å²) in [6, 6.07) is 9.94. The van der Waals surface area contributed by atoms with E-state index in [1.54, 1.807) is 6.08 Å². The number of amidine groups is 2. The van der Waals surface area contributed by atoms with Crippen LogP contribution >= 0.6 is 11.8 Å². The average molecular weight is 436 g/mol. The van der Waals surface area contributed by atoms with Gasteiger partial charge in [-0.15, -0.1) is 0 Å². The number of ether oxygens (including phenoxy) is 1. The summed E-state index contributed by atoms with van der Waals surface area (Å²) in [7, 11) is 0. The van der Waals surface area contributed by atoms with Crippen molar-refractivity contribution >= 4 is 39.8 Å². The minimum atomic E-state index is -0.400. The van der Waals surface area contributed by atoms with Gasteiger partial charge in [0.25, 0.3) is 5.91 Å². The van der Waals surface area contributed by atoms with Gasteiger partial charge in [-0.3, -0.25) is 10.2 Å². The smallest absolute Gasteiger partial charge is 0.283 e. The van der Waals surface area contributed by atoms with Crippen molar-refractivity contribution in [2.45, 2.75) is 40.5 Å². The lowest BCUT2D eigenvalue weighted by molar-refractivity contribution is -0.114. The number of amides is 1. The van der Waals surface area contributed by atoms with Crippen LogP contribution < -0.4 is 4.74 Å². The number of fused-ring (bicyclic) bond motifs is 1. The number of carbonyl (C=O) groups excluding carboxylic acids is 1. The highest BCUT2D eigenvalue weighted by molar-refractivity contribution is 8.26. The maximum atomic E-state index is 12.7. The molecule has 0 bridgehead atoms. The van der Waals surface area contributed by atoms with Crippen LogP contribution in [-0.2, 0) is 4.79 Å². The first-order valence-electron chi connectivity index (χ1n) is 10.3. The van der Waals surface area contributed by atoms with Gasteiger partial charge in [-0.25, -0.2) is 0 Å². The number of nitrogens with zero attached hydrogens (tertiary/aromatic N) is 4. The van der Waals surface area contributed by atoms with Crippen molar-refractivity contribution in [3.8, 4) is 11.4 Å². The lowest BCUT2D eigenvalue weighted by Crippen LogP contribution is -2.35. The van der Waals surface area contributed by atoms with Gasteiger partial charge in [-0.1, -0.05) is 6.92 Å². The fourth-order valence-electron chi connectivity index (χ4n) is 3.69. The predicted molar refractivity (Wildman–Crippen MR) is 126 cm³/mol. The van der Waals surface area contributed by atoms with E-state index in [4.69, 9.17) is 10.1 Å². The first-order chi connectivity index (χ1) is 14.9. The van der Waals surface area contributed by atoms with Gasteiger partial charge in [-0.05, 0) is 87.3 Å². The van der Waals surface area contributed by atoms with E-state index < -0.39 is 5.91 Å². The Morgan fingerprint density at radius 3 is 2.61 bits per heavy atom. The van der Waals surface area contributed by atoms with E-state index >= 15 is 0 Å². The number of aliphatic imine (C=N–C) groups is 1. The van der Waals surface area contributed by atoms with E-state index in [9.17, 15) is 4.79 Å². The molecule has 31 heavy (non-hydrogen) atoms. The molecule has 160 valence electrons. The molecule has 2 aliphatic rings. The molecule has 0 atom stereocenters. The summed E-state index contributed by atoms with van der Waals surface area (Å²) in [5, 5.41) is 15.8. The highest BCUT2D eigenvalue weighted by atomic mass is 32.2. The second-order valence-electron chi connectivity index (χ2n) is 7.35. The summed E-state index contributed by atoms with van der Waals surface area (Å²) in [4.78, 5) is 16.9. The van der Waals surface area contributed by atoms with Crippen molar-refractivity contribution in [2.75, 3.05) is 6.61 Å². The van der Waals surface area contributed by atoms with Crippen LogP contribution in [0, 0.1) is 19.3 Å². The van der Waals surface area contributed by atoms with Crippen molar-refractivity contribution in [3.05, 3.63) is 52.9 Å². The number of carbonyl (C=O) groups is 1. The van der Waals surface area contributed by atoms with E-state index in [1.807, 2.05) is 51.1 Å². The summed E-state index contributed by atoms with van der Waals surface area (Å²) in [6.07, 6.45) is 3.51. The SMILES string of the molecule is CCCC1=NN2C(=N)/C(=C/c3cc(C)n(-c4ccc(OCC)cc4)c3C)C(=O)N=C2S1. The summed E-state index contributed by atoms with van der Waals surface area (Å²) >= 11 is 1.37. The van der Waals surface area contributed by atoms with Gasteiger partial charge >= 0.3 is 0 Å². The second-order valence-corrected chi connectivity index (χ2v) is 8.39. The number of aromatic nitrogens is 1. The fourth-order valence-corrected chi connectivity index (χ4v) is 4.68. The van der Waals surface area contributed by atoms with Crippen LogP contribution in [0.4, 0.5) is 0 Å². The third kappa shape index (κ3) is 3.95. The van der Waals surface area contributed by atoms with E-state index in [0.717, 1.165) is 46.3 Å².